The number of allylic oxidation sites excluding steroid dienone is 1. The van der Waals surface area contributed by atoms with Crippen molar-refractivity contribution in [3.05, 3.63) is 11.0 Å². The fourth-order valence-electron chi connectivity index (χ4n) is 0.571. The molecule has 1 N–H and O–H groups in total. The Kier molecular flexibility index (Phi) is 1.97. The molecule has 1 heterocycles. The lowest BCUT2D eigenvalue weighted by Crippen LogP contribution is -1.78. The van der Waals surface area contributed by atoms with Gasteiger partial charge in [0.05, 0.1) is 6.21 Å². The van der Waals surface area contributed by atoms with Gasteiger partial charge in [0.25, 0.3) is 0 Å². The van der Waals surface area contributed by atoms with E-state index >= 15 is 0 Å². The summed E-state index contributed by atoms with van der Waals surface area (Å²) in [6, 6.07) is 0. The minimum absolute atomic E-state index is 1.04. The lowest BCUT2D eigenvalue weighted by molar-refractivity contribution is 0.321. The maximum atomic E-state index is 8.05. The summed E-state index contributed by atoms with van der Waals surface area (Å²) in [5.74, 6) is 1.13. The van der Waals surface area contributed by atoms with E-state index in [0.29, 0.717) is 0 Å². The largest absolute Gasteiger partial charge is 0.411 e. The molecule has 0 atom stereocenters. The Bertz CT molecular complexity index is 130. The van der Waals surface area contributed by atoms with Crippen LogP contribution in [0.1, 0.15) is 6.42 Å². The number of hydrogen-bond acceptors (Lipinski definition) is 3. The minimum Gasteiger partial charge on any atom is -0.411 e. The van der Waals surface area contributed by atoms with Crippen LogP contribution < -0.4 is 0 Å². The molecular weight excluding hydrogens is 122 g/mol. The van der Waals surface area contributed by atoms with Crippen molar-refractivity contribution in [3.63, 3.8) is 0 Å². The highest BCUT2D eigenvalue weighted by Crippen LogP contribution is 2.19. The van der Waals surface area contributed by atoms with Gasteiger partial charge in [0, 0.05) is 5.75 Å². The Hall–Kier alpha value is -0.440. The van der Waals surface area contributed by atoms with Crippen LogP contribution >= 0.6 is 11.8 Å². The van der Waals surface area contributed by atoms with Crippen molar-refractivity contribution in [2.75, 3.05) is 5.75 Å². The normalized spacial score (nSPS) is 19.8. The second-order valence-electron chi connectivity index (χ2n) is 1.56. The predicted octanol–water partition coefficient (Wildman–Crippen LogP) is 1.47. The van der Waals surface area contributed by atoms with Crippen LogP contribution in [0, 0.1) is 0 Å². The lowest BCUT2D eigenvalue weighted by Gasteiger charge is -1.82. The van der Waals surface area contributed by atoms with Crippen molar-refractivity contribution in [1.29, 1.82) is 0 Å². The zero-order valence-electron chi connectivity index (χ0n) is 4.37. The molecule has 0 radical (unpaired) electrons. The van der Waals surface area contributed by atoms with E-state index in [1.54, 1.807) is 11.8 Å². The first-order chi connectivity index (χ1) is 3.93. The summed E-state index contributed by atoms with van der Waals surface area (Å²) in [6.07, 6.45) is 2.52. The van der Waals surface area contributed by atoms with Gasteiger partial charge in [0.2, 0.25) is 0 Å². The molecule has 2 nitrogen and oxygen atoms in total. The van der Waals surface area contributed by atoms with Crippen LogP contribution in [0.25, 0.3) is 0 Å². The van der Waals surface area contributed by atoms with Gasteiger partial charge in [-0.05, 0) is 17.4 Å². The second kappa shape index (κ2) is 2.77. The topological polar surface area (TPSA) is 32.6 Å². The molecule has 0 aromatic heterocycles. The van der Waals surface area contributed by atoms with E-state index in [9.17, 15) is 0 Å². The van der Waals surface area contributed by atoms with Crippen molar-refractivity contribution in [2.45, 2.75) is 6.42 Å². The molecule has 0 saturated carbocycles. The molecule has 1 aliphatic heterocycles. The highest BCUT2D eigenvalue weighted by atomic mass is 32.2. The number of oxime groups is 1. The molecule has 0 amide bonds. The van der Waals surface area contributed by atoms with Crippen molar-refractivity contribution in [2.24, 2.45) is 5.16 Å². The Morgan fingerprint density at radius 3 is 3.25 bits per heavy atom. The summed E-state index contributed by atoms with van der Waals surface area (Å²) in [5.41, 5.74) is 1.12. The molecular formula is C5H7NOS. The van der Waals surface area contributed by atoms with Gasteiger partial charge >= 0.3 is 0 Å². The zero-order valence-corrected chi connectivity index (χ0v) is 5.19. The third-order valence-electron chi connectivity index (χ3n) is 0.967. The van der Waals surface area contributed by atoms with Crippen LogP contribution in [0.3, 0.4) is 0 Å². The second-order valence-corrected chi connectivity index (χ2v) is 2.54. The SMILES string of the molecule is ON=CC1=CSCC1. The molecule has 3 heteroatoms. The van der Waals surface area contributed by atoms with E-state index in [1.165, 1.54) is 6.21 Å². The molecule has 0 unspecified atom stereocenters. The van der Waals surface area contributed by atoms with Crippen LogP contribution in [-0.2, 0) is 0 Å². The summed E-state index contributed by atoms with van der Waals surface area (Å²) in [6.45, 7) is 0. The average molecular weight is 129 g/mol. The van der Waals surface area contributed by atoms with E-state index in [0.717, 1.165) is 17.7 Å². The summed E-state index contributed by atoms with van der Waals surface area (Å²) >= 11 is 1.76. The Morgan fingerprint density at radius 2 is 2.75 bits per heavy atom. The highest BCUT2D eigenvalue weighted by molar-refractivity contribution is 8.02. The summed E-state index contributed by atoms with van der Waals surface area (Å²) in [5, 5.41) is 13.0. The van der Waals surface area contributed by atoms with Gasteiger partial charge in [-0.3, -0.25) is 0 Å². The monoisotopic (exact) mass is 129 g/mol. The fourth-order valence-corrected chi connectivity index (χ4v) is 1.43. The van der Waals surface area contributed by atoms with E-state index in [4.69, 9.17) is 5.21 Å². The van der Waals surface area contributed by atoms with Gasteiger partial charge in [-0.25, -0.2) is 0 Å². The Labute approximate surface area is 52.3 Å². The summed E-state index contributed by atoms with van der Waals surface area (Å²) in [4.78, 5) is 0. The highest BCUT2D eigenvalue weighted by Gasteiger charge is 2.00. The molecule has 0 bridgehead atoms. The van der Waals surface area contributed by atoms with Crippen LogP contribution in [-0.4, -0.2) is 17.2 Å². The van der Waals surface area contributed by atoms with Crippen molar-refractivity contribution >= 4 is 18.0 Å². The number of nitrogens with zero attached hydrogens (tertiary/aromatic N) is 1. The molecule has 0 saturated heterocycles. The van der Waals surface area contributed by atoms with Crippen molar-refractivity contribution < 1.29 is 5.21 Å². The number of rotatable bonds is 1. The van der Waals surface area contributed by atoms with E-state index in [2.05, 4.69) is 5.16 Å². The smallest absolute Gasteiger partial charge is 0.0698 e. The van der Waals surface area contributed by atoms with Gasteiger partial charge < -0.3 is 5.21 Å². The Morgan fingerprint density at radius 1 is 1.88 bits per heavy atom. The Balaban J connectivity index is 2.45. The summed E-state index contributed by atoms with van der Waals surface area (Å²) < 4.78 is 0. The van der Waals surface area contributed by atoms with Gasteiger partial charge in [-0.1, -0.05) is 5.16 Å². The first kappa shape index (κ1) is 5.69. The van der Waals surface area contributed by atoms with E-state index in [-0.39, 0.29) is 0 Å². The minimum atomic E-state index is 1.04. The summed E-state index contributed by atoms with van der Waals surface area (Å²) in [7, 11) is 0. The van der Waals surface area contributed by atoms with Gasteiger partial charge in [0.1, 0.15) is 0 Å². The van der Waals surface area contributed by atoms with Crippen LogP contribution in [0.15, 0.2) is 16.1 Å². The molecule has 0 aromatic carbocycles. The first-order valence-electron chi connectivity index (χ1n) is 2.41. The van der Waals surface area contributed by atoms with Gasteiger partial charge in [-0.15, -0.1) is 11.8 Å². The maximum absolute atomic E-state index is 8.05. The molecule has 44 valence electrons. The van der Waals surface area contributed by atoms with Crippen molar-refractivity contribution in [1.82, 2.24) is 0 Å². The quantitative estimate of drug-likeness (QED) is 0.330. The number of thioether (sulfide) groups is 1. The standard InChI is InChI=1S/C5H7NOS/c7-6-3-5-1-2-8-4-5/h3-4,7H,1-2H2. The third kappa shape index (κ3) is 1.26. The average Bonchev–Trinajstić information content (AvgIpc) is 2.19. The molecule has 1 aliphatic rings. The van der Waals surface area contributed by atoms with Crippen LogP contribution in [0.2, 0.25) is 0 Å². The molecule has 8 heavy (non-hydrogen) atoms. The fraction of sp³-hybridized carbons (Fsp3) is 0.400. The van der Waals surface area contributed by atoms with Gasteiger partial charge in [0.15, 0.2) is 0 Å². The third-order valence-corrected chi connectivity index (χ3v) is 1.88. The zero-order chi connectivity index (χ0) is 5.82. The number of hydrogen-bond donors (Lipinski definition) is 1. The van der Waals surface area contributed by atoms with E-state index in [1.807, 2.05) is 5.41 Å². The van der Waals surface area contributed by atoms with Crippen molar-refractivity contribution in [3.8, 4) is 0 Å². The maximum Gasteiger partial charge on any atom is 0.0698 e. The molecule has 0 aromatic rings. The van der Waals surface area contributed by atoms with Crippen LogP contribution in [0.4, 0.5) is 0 Å². The van der Waals surface area contributed by atoms with Crippen LogP contribution in [0.5, 0.6) is 0 Å². The molecule has 0 aliphatic carbocycles. The molecule has 0 spiro atoms. The molecule has 1 rings (SSSR count). The lowest BCUT2D eigenvalue weighted by atomic mass is 10.3. The molecule has 0 fully saturated rings. The van der Waals surface area contributed by atoms with E-state index < -0.39 is 0 Å². The first-order valence-corrected chi connectivity index (χ1v) is 3.46. The predicted molar refractivity (Wildman–Crippen MR) is 35.4 cm³/mol. The van der Waals surface area contributed by atoms with Gasteiger partial charge in [-0.2, -0.15) is 0 Å².